The molecule has 4 rings (SSSR count). The molecule has 10 nitrogen and oxygen atoms in total. The first-order valence-corrected chi connectivity index (χ1v) is 13.0. The number of imidazole rings is 1. The molecule has 0 saturated heterocycles. The Morgan fingerprint density at radius 1 is 0.800 bits per heavy atom. The number of nitrogens with one attached hydrogen (secondary N) is 1. The zero-order chi connectivity index (χ0) is 27.1. The third kappa shape index (κ3) is 8.14. The van der Waals surface area contributed by atoms with Crippen LogP contribution in [-0.4, -0.2) is 20.9 Å². The summed E-state index contributed by atoms with van der Waals surface area (Å²) in [6, 6.07) is 12.5. The molecule has 4 aromatic rings. The lowest BCUT2D eigenvalue weighted by atomic mass is 10.0. The smallest absolute Gasteiger partial charge is 0.385 e. The maximum atomic E-state index is 4.42. The fourth-order valence-corrected chi connectivity index (χ4v) is 4.32. The third-order valence-corrected chi connectivity index (χ3v) is 6.63. The van der Waals surface area contributed by atoms with Gasteiger partial charge in [-0.05, 0) is 85.2 Å². The van der Waals surface area contributed by atoms with E-state index in [4.69, 9.17) is 0 Å². The van der Waals surface area contributed by atoms with Crippen LogP contribution in [0.2, 0.25) is 0 Å². The van der Waals surface area contributed by atoms with Gasteiger partial charge in [0.2, 0.25) is 6.33 Å². The maximum Gasteiger partial charge on any atom is 0.421 e. The molecule has 0 aliphatic rings. The van der Waals surface area contributed by atoms with E-state index in [0.29, 0.717) is 5.95 Å². The summed E-state index contributed by atoms with van der Waals surface area (Å²) >= 11 is 0. The molecular weight excluding hydrogens is 500 g/mol. The molecule has 0 saturated carbocycles. The first kappa shape index (κ1) is 32.0. The first-order chi connectivity index (χ1) is 18.3. The second kappa shape index (κ2) is 14.8. The molecule has 0 aliphatic heterocycles. The van der Waals surface area contributed by atoms with Gasteiger partial charge in [0.05, 0.1) is 46.3 Å². The fourth-order valence-electron chi connectivity index (χ4n) is 4.32. The molecule has 0 radical (unpaired) electrons. The number of aryl methyl sites for hydroxylation is 7. The largest absolute Gasteiger partial charge is 0.421 e. The minimum Gasteiger partial charge on any atom is -0.385 e. The van der Waals surface area contributed by atoms with Crippen LogP contribution >= 0.6 is 0 Å². The number of hydrogen-bond donors (Lipinski definition) is 1. The summed E-state index contributed by atoms with van der Waals surface area (Å²) < 4.78 is 7.43. The van der Waals surface area contributed by atoms with E-state index in [1.807, 2.05) is 66.4 Å². The lowest BCUT2D eigenvalue weighted by molar-refractivity contribution is -0.659. The van der Waals surface area contributed by atoms with Crippen LogP contribution in [0.1, 0.15) is 36.0 Å². The van der Waals surface area contributed by atoms with Gasteiger partial charge >= 0.3 is 11.9 Å². The van der Waals surface area contributed by atoms with Gasteiger partial charge in [0.25, 0.3) is 0 Å². The van der Waals surface area contributed by atoms with Crippen LogP contribution < -0.4 is 14.5 Å². The van der Waals surface area contributed by atoms with Crippen LogP contribution in [0.15, 0.2) is 75.6 Å². The number of anilines is 1. The number of benzene rings is 2. The summed E-state index contributed by atoms with van der Waals surface area (Å²) in [6.07, 6.45) is 10.2. The minimum absolute atomic E-state index is 0. The van der Waals surface area contributed by atoms with E-state index in [-0.39, 0.29) is 14.9 Å². The average molecular weight is 545 g/mol. The second-order valence-electron chi connectivity index (χ2n) is 9.73. The summed E-state index contributed by atoms with van der Waals surface area (Å²) in [5, 5.41) is 25.2. The van der Waals surface area contributed by atoms with E-state index < -0.39 is 0 Å². The molecule has 0 spiro atoms. The first-order valence-electron chi connectivity index (χ1n) is 13.0. The van der Waals surface area contributed by atoms with E-state index in [0.717, 1.165) is 54.4 Å². The Bertz CT molecular complexity index is 1300. The van der Waals surface area contributed by atoms with Gasteiger partial charge < -0.3 is 20.2 Å². The molecule has 2 aromatic carbocycles. The Morgan fingerprint density at radius 3 is 2.08 bits per heavy atom. The Kier molecular flexibility index (Phi) is 11.8. The van der Waals surface area contributed by atoms with Gasteiger partial charge in [0.15, 0.2) is 0 Å². The van der Waals surface area contributed by atoms with Gasteiger partial charge in [-0.3, -0.25) is 0 Å². The van der Waals surface area contributed by atoms with Gasteiger partial charge in [-0.25, -0.2) is 13.7 Å². The van der Waals surface area contributed by atoms with Crippen LogP contribution in [-0.2, 0) is 34.6 Å². The predicted octanol–water partition coefficient (Wildman–Crippen LogP) is 6.58. The van der Waals surface area contributed by atoms with E-state index in [1.165, 1.54) is 17.5 Å². The van der Waals surface area contributed by atoms with Crippen molar-refractivity contribution in [3.63, 3.8) is 0 Å². The standard InChI is InChI=1S/C28H37N10.2CH3/c1-21-18-24(31-33-27-35(3)16-17-36(27)4)12-11-23(21)10-8-7-9-15-29-26-14-13-25(19-22(26)2)32-34-28-37(5)20-30-38(28)6;;/h11-14,16-20H,7-10,15H2,1-6H3;2*1H3/q+1;2*-1/p+1. The van der Waals surface area contributed by atoms with Crippen molar-refractivity contribution in [2.75, 3.05) is 11.9 Å². The molecule has 2 aromatic heterocycles. The molecule has 0 aliphatic carbocycles. The molecule has 2 heterocycles. The Hall–Kier alpha value is -4.21. The summed E-state index contributed by atoms with van der Waals surface area (Å²) in [5.74, 6) is 1.51. The average Bonchev–Trinajstić information content (AvgIpc) is 3.39. The van der Waals surface area contributed by atoms with Crippen molar-refractivity contribution in [3.05, 3.63) is 86.7 Å². The predicted molar refractivity (Wildman–Crippen MR) is 161 cm³/mol. The molecular formula is C30H44N10. The van der Waals surface area contributed by atoms with Crippen molar-refractivity contribution in [3.8, 4) is 0 Å². The van der Waals surface area contributed by atoms with Crippen molar-refractivity contribution < 1.29 is 9.13 Å². The van der Waals surface area contributed by atoms with Gasteiger partial charge in [0.1, 0.15) is 5.69 Å². The molecule has 0 bridgehead atoms. The number of azo groups is 2. The highest BCUT2D eigenvalue weighted by Gasteiger charge is 2.12. The van der Waals surface area contributed by atoms with Crippen molar-refractivity contribution in [1.82, 2.24) is 14.3 Å². The summed E-state index contributed by atoms with van der Waals surface area (Å²) in [7, 11) is 7.69. The van der Waals surface area contributed by atoms with Gasteiger partial charge in [-0.15, -0.1) is 4.68 Å². The van der Waals surface area contributed by atoms with Gasteiger partial charge in [0, 0.05) is 22.5 Å². The molecule has 0 atom stereocenters. The Labute approximate surface area is 239 Å². The second-order valence-corrected chi connectivity index (χ2v) is 9.73. The van der Waals surface area contributed by atoms with Crippen molar-refractivity contribution in [1.29, 1.82) is 0 Å². The number of unbranched alkanes of at least 4 members (excludes halogenated alkanes) is 2. The van der Waals surface area contributed by atoms with Crippen LogP contribution in [0, 0.1) is 28.7 Å². The number of aromatic nitrogens is 5. The fraction of sp³-hybridized carbons (Fsp3) is 0.367. The monoisotopic (exact) mass is 544 g/mol. The molecule has 0 amide bonds. The van der Waals surface area contributed by atoms with Gasteiger partial charge in [-0.2, -0.15) is 0 Å². The molecule has 10 heteroatoms. The maximum absolute atomic E-state index is 4.42. The molecule has 40 heavy (non-hydrogen) atoms. The SMILES string of the molecule is Cc1cc(N=Nc2n(C)cc[n+]2C)ccc1CCCCCNc1ccc(N=Nc2n(C)nc[n+]2C)cc1C.[CH3-].[CH3-]. The lowest BCUT2D eigenvalue weighted by Crippen LogP contribution is -2.25. The summed E-state index contributed by atoms with van der Waals surface area (Å²) in [6.45, 7) is 5.19. The summed E-state index contributed by atoms with van der Waals surface area (Å²) in [5.41, 5.74) is 6.64. The Balaban J connectivity index is 0.00000280. The van der Waals surface area contributed by atoms with Crippen LogP contribution in [0.25, 0.3) is 0 Å². The van der Waals surface area contributed by atoms with Crippen molar-refractivity contribution in [2.24, 2.45) is 48.6 Å². The van der Waals surface area contributed by atoms with Gasteiger partial charge in [-0.1, -0.05) is 22.7 Å². The highest BCUT2D eigenvalue weighted by molar-refractivity contribution is 5.57. The summed E-state index contributed by atoms with van der Waals surface area (Å²) in [4.78, 5) is 0. The number of nitrogens with zero attached hydrogens (tertiary/aromatic N) is 9. The van der Waals surface area contributed by atoms with Crippen LogP contribution in [0.4, 0.5) is 29.0 Å². The topological polar surface area (TPSA) is 92.0 Å². The highest BCUT2D eigenvalue weighted by atomic mass is 15.4. The quantitative estimate of drug-likeness (QED) is 0.1000. The molecule has 0 fully saturated rings. The Morgan fingerprint density at radius 2 is 1.48 bits per heavy atom. The van der Waals surface area contributed by atoms with Crippen LogP contribution in [0.3, 0.4) is 0 Å². The highest BCUT2D eigenvalue weighted by Crippen LogP contribution is 2.24. The van der Waals surface area contributed by atoms with Crippen molar-refractivity contribution in [2.45, 2.75) is 39.5 Å². The van der Waals surface area contributed by atoms with E-state index in [1.54, 1.807) is 11.0 Å². The zero-order valence-corrected chi connectivity index (χ0v) is 25.3. The lowest BCUT2D eigenvalue weighted by Gasteiger charge is -2.10. The van der Waals surface area contributed by atoms with E-state index in [2.05, 4.69) is 69.0 Å². The van der Waals surface area contributed by atoms with Crippen molar-refractivity contribution >= 4 is 29.0 Å². The zero-order valence-electron chi connectivity index (χ0n) is 25.3. The number of hydrogen-bond acceptors (Lipinski definition) is 6. The molecule has 0 unspecified atom stereocenters. The third-order valence-electron chi connectivity index (χ3n) is 6.63. The van der Waals surface area contributed by atoms with E-state index >= 15 is 0 Å². The number of rotatable bonds is 11. The van der Waals surface area contributed by atoms with E-state index in [9.17, 15) is 0 Å². The molecule has 1 N–H and O–H groups in total. The normalized spacial score (nSPS) is 11.2. The van der Waals surface area contributed by atoms with Crippen LogP contribution in [0.5, 0.6) is 0 Å². The molecule has 214 valence electrons. The minimum atomic E-state index is 0.